The first kappa shape index (κ1) is 16.4. The fraction of sp³-hybridized carbons (Fsp3) is 0.600. The predicted octanol–water partition coefficient (Wildman–Crippen LogP) is 4.52. The van der Waals surface area contributed by atoms with Crippen LogP contribution in [0.15, 0.2) is 22.7 Å². The summed E-state index contributed by atoms with van der Waals surface area (Å²) >= 11 is 3.39. The normalized spacial score (nSPS) is 13.4. The quantitative estimate of drug-likeness (QED) is 0.827. The molecule has 0 radical (unpaired) electrons. The number of halogens is 2. The molecule has 0 spiro atoms. The highest BCUT2D eigenvalue weighted by molar-refractivity contribution is 9.10. The summed E-state index contributed by atoms with van der Waals surface area (Å²) < 4.78 is 19.9. The second-order valence-corrected chi connectivity index (χ2v) is 6.59. The Kier molecular flexibility index (Phi) is 6.27. The average Bonchev–Trinajstić information content (AvgIpc) is 2.30. The van der Waals surface area contributed by atoms with E-state index in [4.69, 9.17) is 4.74 Å². The largest absolute Gasteiger partial charge is 0.488 e. The Morgan fingerprint density at radius 3 is 2.63 bits per heavy atom. The monoisotopic (exact) mass is 331 g/mol. The maximum atomic E-state index is 13.2. The van der Waals surface area contributed by atoms with Crippen LogP contribution in [0.25, 0.3) is 0 Å². The van der Waals surface area contributed by atoms with Crippen LogP contribution in [0.3, 0.4) is 0 Å². The predicted molar refractivity (Wildman–Crippen MR) is 81.2 cm³/mol. The third-order valence-corrected chi connectivity index (χ3v) is 3.31. The SMILES string of the molecule is CCCC(CNC(C)(C)C)Oc1cc(F)ccc1Br. The van der Waals surface area contributed by atoms with Crippen molar-refractivity contribution >= 4 is 15.9 Å². The summed E-state index contributed by atoms with van der Waals surface area (Å²) in [4.78, 5) is 0. The molecule has 1 aromatic carbocycles. The number of ether oxygens (including phenoxy) is 1. The lowest BCUT2D eigenvalue weighted by atomic mass is 10.1. The van der Waals surface area contributed by atoms with Crippen LogP contribution in [0, 0.1) is 5.82 Å². The van der Waals surface area contributed by atoms with Gasteiger partial charge in [-0.1, -0.05) is 13.3 Å². The van der Waals surface area contributed by atoms with E-state index in [2.05, 4.69) is 48.9 Å². The zero-order valence-corrected chi connectivity index (χ0v) is 13.7. The molecule has 0 bridgehead atoms. The van der Waals surface area contributed by atoms with Crippen molar-refractivity contribution in [2.45, 2.75) is 52.2 Å². The van der Waals surface area contributed by atoms with Crippen molar-refractivity contribution in [1.29, 1.82) is 0 Å². The Bertz CT molecular complexity index is 404. The molecule has 1 rings (SSSR count). The molecule has 1 aromatic rings. The third-order valence-electron chi connectivity index (χ3n) is 2.66. The van der Waals surface area contributed by atoms with E-state index in [9.17, 15) is 4.39 Å². The molecule has 0 aliphatic rings. The molecular formula is C15H23BrFNO. The third kappa shape index (κ3) is 6.39. The minimum absolute atomic E-state index is 0.0438. The molecule has 19 heavy (non-hydrogen) atoms. The fourth-order valence-corrected chi connectivity index (χ4v) is 2.03. The van der Waals surface area contributed by atoms with Crippen molar-refractivity contribution in [3.8, 4) is 5.75 Å². The van der Waals surface area contributed by atoms with Crippen molar-refractivity contribution in [3.05, 3.63) is 28.5 Å². The summed E-state index contributed by atoms with van der Waals surface area (Å²) in [6, 6.07) is 4.51. The van der Waals surface area contributed by atoms with E-state index in [1.165, 1.54) is 12.1 Å². The van der Waals surface area contributed by atoms with Gasteiger partial charge in [0.1, 0.15) is 17.7 Å². The number of nitrogens with one attached hydrogen (secondary N) is 1. The van der Waals surface area contributed by atoms with E-state index in [-0.39, 0.29) is 17.5 Å². The summed E-state index contributed by atoms with van der Waals surface area (Å²) in [7, 11) is 0. The molecule has 1 unspecified atom stereocenters. The van der Waals surface area contributed by atoms with Crippen molar-refractivity contribution < 1.29 is 9.13 Å². The van der Waals surface area contributed by atoms with E-state index >= 15 is 0 Å². The van der Waals surface area contributed by atoms with Crippen molar-refractivity contribution in [3.63, 3.8) is 0 Å². The molecule has 1 N–H and O–H groups in total. The van der Waals surface area contributed by atoms with Gasteiger partial charge in [-0.2, -0.15) is 0 Å². The lowest BCUT2D eigenvalue weighted by Crippen LogP contribution is -2.42. The molecule has 0 aliphatic heterocycles. The lowest BCUT2D eigenvalue weighted by molar-refractivity contribution is 0.173. The standard InChI is InChI=1S/C15H23BrFNO/c1-5-6-12(10-18-15(2,3)4)19-14-9-11(17)7-8-13(14)16/h7-9,12,18H,5-6,10H2,1-4H3. The van der Waals surface area contributed by atoms with Gasteiger partial charge in [0.2, 0.25) is 0 Å². The lowest BCUT2D eigenvalue weighted by Gasteiger charge is -2.26. The van der Waals surface area contributed by atoms with Gasteiger partial charge in [0.05, 0.1) is 4.47 Å². The maximum Gasteiger partial charge on any atom is 0.136 e. The van der Waals surface area contributed by atoms with Gasteiger partial charge in [-0.05, 0) is 55.3 Å². The van der Waals surface area contributed by atoms with E-state index in [0.29, 0.717) is 5.75 Å². The highest BCUT2D eigenvalue weighted by Gasteiger charge is 2.16. The molecule has 108 valence electrons. The summed E-state index contributed by atoms with van der Waals surface area (Å²) in [6.45, 7) is 9.23. The molecule has 0 fully saturated rings. The van der Waals surface area contributed by atoms with Crippen LogP contribution in [0.1, 0.15) is 40.5 Å². The zero-order valence-electron chi connectivity index (χ0n) is 12.1. The van der Waals surface area contributed by atoms with Crippen LogP contribution in [0.5, 0.6) is 5.75 Å². The summed E-state index contributed by atoms with van der Waals surface area (Å²) in [5.41, 5.74) is 0.0501. The van der Waals surface area contributed by atoms with E-state index in [1.54, 1.807) is 6.07 Å². The van der Waals surface area contributed by atoms with Gasteiger partial charge in [-0.15, -0.1) is 0 Å². The van der Waals surface area contributed by atoms with Crippen LogP contribution >= 0.6 is 15.9 Å². The summed E-state index contributed by atoms with van der Waals surface area (Å²) in [6.07, 6.45) is 2.01. The number of rotatable bonds is 6. The zero-order chi connectivity index (χ0) is 14.5. The first-order chi connectivity index (χ1) is 8.81. The first-order valence-electron chi connectivity index (χ1n) is 6.68. The summed E-state index contributed by atoms with van der Waals surface area (Å²) in [5.74, 6) is 0.284. The summed E-state index contributed by atoms with van der Waals surface area (Å²) in [5, 5.41) is 3.43. The second kappa shape index (κ2) is 7.25. The van der Waals surface area contributed by atoms with Crippen LogP contribution in [-0.2, 0) is 0 Å². The number of benzene rings is 1. The van der Waals surface area contributed by atoms with Gasteiger partial charge in [0.15, 0.2) is 0 Å². The van der Waals surface area contributed by atoms with Gasteiger partial charge < -0.3 is 10.1 Å². The molecular weight excluding hydrogens is 309 g/mol. The fourth-order valence-electron chi connectivity index (χ4n) is 1.69. The highest BCUT2D eigenvalue weighted by Crippen LogP contribution is 2.27. The van der Waals surface area contributed by atoms with Crippen LogP contribution in [0.4, 0.5) is 4.39 Å². The minimum Gasteiger partial charge on any atom is -0.488 e. The molecule has 0 aliphatic carbocycles. The van der Waals surface area contributed by atoms with Crippen molar-refractivity contribution in [2.75, 3.05) is 6.54 Å². The Morgan fingerprint density at radius 1 is 1.37 bits per heavy atom. The van der Waals surface area contributed by atoms with Gasteiger partial charge in [0.25, 0.3) is 0 Å². The molecule has 1 atom stereocenters. The Balaban J connectivity index is 2.69. The Morgan fingerprint density at radius 2 is 2.05 bits per heavy atom. The average molecular weight is 332 g/mol. The highest BCUT2D eigenvalue weighted by atomic mass is 79.9. The van der Waals surface area contributed by atoms with Crippen molar-refractivity contribution in [2.24, 2.45) is 0 Å². The topological polar surface area (TPSA) is 21.3 Å². The Hall–Kier alpha value is -0.610. The van der Waals surface area contributed by atoms with E-state index in [0.717, 1.165) is 23.9 Å². The molecule has 4 heteroatoms. The maximum absolute atomic E-state index is 13.2. The van der Waals surface area contributed by atoms with Gasteiger partial charge >= 0.3 is 0 Å². The molecule has 0 heterocycles. The van der Waals surface area contributed by atoms with E-state index < -0.39 is 0 Å². The number of hydrogen-bond acceptors (Lipinski definition) is 2. The molecule has 0 saturated heterocycles. The first-order valence-corrected chi connectivity index (χ1v) is 7.48. The van der Waals surface area contributed by atoms with Gasteiger partial charge in [-0.25, -0.2) is 4.39 Å². The minimum atomic E-state index is -0.280. The van der Waals surface area contributed by atoms with Crippen LogP contribution in [0.2, 0.25) is 0 Å². The smallest absolute Gasteiger partial charge is 0.136 e. The Labute approximate surface area is 123 Å². The molecule has 2 nitrogen and oxygen atoms in total. The van der Waals surface area contributed by atoms with Crippen LogP contribution < -0.4 is 10.1 Å². The van der Waals surface area contributed by atoms with Gasteiger partial charge in [0, 0.05) is 18.2 Å². The van der Waals surface area contributed by atoms with Crippen molar-refractivity contribution in [1.82, 2.24) is 5.32 Å². The van der Waals surface area contributed by atoms with Crippen LogP contribution in [-0.4, -0.2) is 18.2 Å². The number of hydrogen-bond donors (Lipinski definition) is 1. The second-order valence-electron chi connectivity index (χ2n) is 5.73. The van der Waals surface area contributed by atoms with E-state index in [1.807, 2.05) is 0 Å². The molecule has 0 amide bonds. The molecule has 0 aromatic heterocycles. The van der Waals surface area contributed by atoms with Gasteiger partial charge in [-0.3, -0.25) is 0 Å². The molecule has 0 saturated carbocycles.